The zero-order valence-corrected chi connectivity index (χ0v) is 26.2. The summed E-state index contributed by atoms with van der Waals surface area (Å²) in [6.07, 6.45) is -0.247. The second-order valence-corrected chi connectivity index (χ2v) is 21.3. The Hall–Kier alpha value is -2.51. The van der Waals surface area contributed by atoms with Crippen molar-refractivity contribution in [2.75, 3.05) is 19.8 Å². The van der Waals surface area contributed by atoms with E-state index in [1.807, 2.05) is 18.2 Å². The third kappa shape index (κ3) is 7.37. The van der Waals surface area contributed by atoms with E-state index in [2.05, 4.69) is 125 Å². The molecule has 6 heteroatoms. The highest BCUT2D eigenvalue weighted by atomic mass is 28.4. The van der Waals surface area contributed by atoms with Crippen LogP contribution in [0.2, 0.25) is 24.7 Å². The van der Waals surface area contributed by atoms with Crippen molar-refractivity contribution in [1.82, 2.24) is 0 Å². The summed E-state index contributed by atoms with van der Waals surface area (Å²) in [7, 11) is -4.34. The van der Waals surface area contributed by atoms with Crippen LogP contribution in [0.3, 0.4) is 0 Å². The number of ether oxygens (including phenoxy) is 3. The minimum atomic E-state index is -2.68. The van der Waals surface area contributed by atoms with Gasteiger partial charge in [-0.05, 0) is 26.9 Å². The highest BCUT2D eigenvalue weighted by Gasteiger charge is 2.51. The van der Waals surface area contributed by atoms with E-state index in [0.29, 0.717) is 19.8 Å². The highest BCUT2D eigenvalue weighted by Crippen LogP contribution is 2.37. The molecule has 1 saturated heterocycles. The van der Waals surface area contributed by atoms with Crippen molar-refractivity contribution in [3.05, 3.63) is 96.6 Å². The van der Waals surface area contributed by atoms with Crippen LogP contribution in [-0.4, -0.2) is 48.1 Å². The van der Waals surface area contributed by atoms with Gasteiger partial charge in [0.15, 0.2) is 0 Å². The Morgan fingerprint density at radius 3 is 1.90 bits per heavy atom. The van der Waals surface area contributed by atoms with E-state index in [0.717, 1.165) is 5.56 Å². The van der Waals surface area contributed by atoms with Gasteiger partial charge in [0.25, 0.3) is 14.1 Å². The Bertz CT molecular complexity index is 1200. The third-order valence-corrected chi connectivity index (χ3v) is 12.7. The van der Waals surface area contributed by atoms with Crippen molar-refractivity contribution in [2.24, 2.45) is 0 Å². The van der Waals surface area contributed by atoms with E-state index < -0.39 is 22.2 Å². The summed E-state index contributed by atoms with van der Waals surface area (Å²) >= 11 is 0. The molecule has 0 amide bonds. The first-order chi connectivity index (χ1) is 18.5. The Labute approximate surface area is 236 Å². The van der Waals surface area contributed by atoms with Gasteiger partial charge in [-0.15, -0.1) is 5.54 Å². The van der Waals surface area contributed by atoms with E-state index in [9.17, 15) is 0 Å². The van der Waals surface area contributed by atoms with Crippen LogP contribution in [0.15, 0.2) is 91.0 Å². The SMILES string of the molecule is CC(C)(C)[Si](OC[C@H]1COC(C#C[Si](C)(C)C)(COCc2ccccc2)O1)(c1ccccc1)c1ccccc1. The number of benzene rings is 3. The largest absolute Gasteiger partial charge is 0.405 e. The van der Waals surface area contributed by atoms with Gasteiger partial charge in [0.2, 0.25) is 0 Å². The third-order valence-electron chi connectivity index (χ3n) is 6.79. The van der Waals surface area contributed by atoms with Gasteiger partial charge >= 0.3 is 0 Å². The maximum Gasteiger partial charge on any atom is 0.261 e. The maximum atomic E-state index is 7.12. The Morgan fingerprint density at radius 1 is 0.846 bits per heavy atom. The van der Waals surface area contributed by atoms with Crippen LogP contribution in [0.25, 0.3) is 0 Å². The molecule has 4 nitrogen and oxygen atoms in total. The molecule has 0 radical (unpaired) electrons. The lowest BCUT2D eigenvalue weighted by Crippen LogP contribution is -2.67. The normalized spacial score (nSPS) is 19.9. The first kappa shape index (κ1) is 29.5. The molecule has 1 unspecified atom stereocenters. The van der Waals surface area contributed by atoms with Gasteiger partial charge in [0, 0.05) is 0 Å². The Kier molecular flexibility index (Phi) is 9.33. The van der Waals surface area contributed by atoms with Gasteiger partial charge in [-0.1, -0.05) is 131 Å². The van der Waals surface area contributed by atoms with Crippen molar-refractivity contribution in [1.29, 1.82) is 0 Å². The molecule has 0 spiro atoms. The molecule has 2 atom stereocenters. The van der Waals surface area contributed by atoms with Gasteiger partial charge in [0.05, 0.1) is 19.8 Å². The van der Waals surface area contributed by atoms with Gasteiger partial charge in [-0.2, -0.15) is 0 Å². The van der Waals surface area contributed by atoms with E-state index in [-0.39, 0.29) is 17.7 Å². The molecule has 1 aliphatic heterocycles. The monoisotopic (exact) mass is 558 g/mol. The number of hydrogen-bond donors (Lipinski definition) is 0. The minimum Gasteiger partial charge on any atom is -0.405 e. The molecule has 0 aliphatic carbocycles. The van der Waals surface area contributed by atoms with Crippen molar-refractivity contribution in [3.63, 3.8) is 0 Å². The second-order valence-electron chi connectivity index (χ2n) is 12.3. The first-order valence-electron chi connectivity index (χ1n) is 13.8. The zero-order valence-electron chi connectivity index (χ0n) is 24.2. The molecule has 3 aromatic carbocycles. The van der Waals surface area contributed by atoms with E-state index in [1.165, 1.54) is 10.4 Å². The topological polar surface area (TPSA) is 36.9 Å². The van der Waals surface area contributed by atoms with E-state index in [1.54, 1.807) is 0 Å². The van der Waals surface area contributed by atoms with Crippen LogP contribution in [0, 0.1) is 11.5 Å². The fraction of sp³-hybridized carbons (Fsp3) is 0.394. The van der Waals surface area contributed by atoms with Crippen molar-refractivity contribution < 1.29 is 18.6 Å². The van der Waals surface area contributed by atoms with Gasteiger partial charge in [-0.25, -0.2) is 0 Å². The minimum absolute atomic E-state index is 0.108. The van der Waals surface area contributed by atoms with E-state index in [4.69, 9.17) is 18.6 Å². The molecule has 0 saturated carbocycles. The van der Waals surface area contributed by atoms with Gasteiger partial charge < -0.3 is 18.6 Å². The number of hydrogen-bond acceptors (Lipinski definition) is 4. The molecule has 1 heterocycles. The van der Waals surface area contributed by atoms with Crippen molar-refractivity contribution in [3.8, 4) is 11.5 Å². The van der Waals surface area contributed by atoms with Gasteiger partial charge in [-0.3, -0.25) is 0 Å². The molecule has 0 bridgehead atoms. The summed E-state index contributed by atoms with van der Waals surface area (Å²) < 4.78 is 26.1. The van der Waals surface area contributed by atoms with Crippen LogP contribution in [0.5, 0.6) is 0 Å². The van der Waals surface area contributed by atoms with Crippen LogP contribution in [0.4, 0.5) is 0 Å². The quantitative estimate of drug-likeness (QED) is 0.247. The average Bonchev–Trinajstić information content (AvgIpc) is 3.32. The van der Waals surface area contributed by atoms with Crippen LogP contribution in [0.1, 0.15) is 26.3 Å². The molecule has 3 aromatic rings. The summed E-state index contributed by atoms with van der Waals surface area (Å²) in [5, 5.41) is 2.39. The molecule has 1 fully saturated rings. The molecule has 4 rings (SSSR count). The molecule has 0 aromatic heterocycles. The van der Waals surface area contributed by atoms with Crippen LogP contribution in [-0.2, 0) is 25.2 Å². The summed E-state index contributed by atoms with van der Waals surface area (Å²) in [6.45, 7) is 15.1. The standard InChI is InChI=1S/C33H42O4Si2/c1-32(2,3)39(30-18-12-8-13-19-30,31-20-14-9-15-21-31)36-26-29-25-35-33(37-29,22-23-38(4,5)6)27-34-24-28-16-10-7-11-17-28/h7-21,29H,24-27H2,1-6H3/t29-,33?/m1/s1. The summed E-state index contributed by atoms with van der Waals surface area (Å²) in [6, 6.07) is 31.5. The van der Waals surface area contributed by atoms with Crippen LogP contribution < -0.4 is 10.4 Å². The number of rotatable bonds is 9. The smallest absolute Gasteiger partial charge is 0.261 e. The van der Waals surface area contributed by atoms with Crippen molar-refractivity contribution in [2.45, 2.75) is 63.9 Å². The Morgan fingerprint density at radius 2 is 1.38 bits per heavy atom. The summed E-state index contributed by atoms with van der Waals surface area (Å²) in [5.41, 5.74) is 4.56. The zero-order chi connectivity index (χ0) is 28.0. The van der Waals surface area contributed by atoms with Crippen molar-refractivity contribution >= 4 is 26.8 Å². The predicted molar refractivity (Wildman–Crippen MR) is 164 cm³/mol. The lowest BCUT2D eigenvalue weighted by Gasteiger charge is -2.43. The second kappa shape index (κ2) is 12.3. The first-order valence-corrected chi connectivity index (χ1v) is 19.2. The fourth-order valence-corrected chi connectivity index (χ4v) is 10.1. The lowest BCUT2D eigenvalue weighted by molar-refractivity contribution is -0.165. The molecule has 0 N–H and O–H groups in total. The average molecular weight is 559 g/mol. The van der Waals surface area contributed by atoms with Gasteiger partial charge in [0.1, 0.15) is 20.8 Å². The van der Waals surface area contributed by atoms with E-state index >= 15 is 0 Å². The molecule has 39 heavy (non-hydrogen) atoms. The Balaban J connectivity index is 1.57. The predicted octanol–water partition coefficient (Wildman–Crippen LogP) is 5.77. The fourth-order valence-electron chi connectivity index (χ4n) is 4.96. The summed E-state index contributed by atoms with van der Waals surface area (Å²) in [4.78, 5) is 0. The lowest BCUT2D eigenvalue weighted by atomic mass is 10.2. The molecular weight excluding hydrogens is 517 g/mol. The van der Waals surface area contributed by atoms with Crippen LogP contribution >= 0.6 is 0 Å². The molecule has 1 aliphatic rings. The molecular formula is C33H42O4Si2. The summed E-state index contributed by atoms with van der Waals surface area (Å²) in [5.74, 6) is 2.25. The molecule has 206 valence electrons. The maximum absolute atomic E-state index is 7.12. The highest BCUT2D eigenvalue weighted by molar-refractivity contribution is 6.99.